The molecule has 3 heterocycles. The number of aliphatic hydroxyl groups is 1. The molecular formula is C20H22N4O2. The molecule has 26 heavy (non-hydrogen) atoms. The Hall–Kier alpha value is -2.86. The summed E-state index contributed by atoms with van der Waals surface area (Å²) in [5, 5.41) is 19.1. The summed E-state index contributed by atoms with van der Waals surface area (Å²) < 4.78 is 7.70. The van der Waals surface area contributed by atoms with Gasteiger partial charge in [0.2, 0.25) is 0 Å². The summed E-state index contributed by atoms with van der Waals surface area (Å²) in [6.07, 6.45) is 1.28. The van der Waals surface area contributed by atoms with Gasteiger partial charge in [0, 0.05) is 11.9 Å². The van der Waals surface area contributed by atoms with Crippen molar-refractivity contribution in [3.05, 3.63) is 48.7 Å². The maximum absolute atomic E-state index is 10.2. The molecule has 0 spiro atoms. The van der Waals surface area contributed by atoms with E-state index in [-0.39, 0.29) is 5.41 Å². The van der Waals surface area contributed by atoms with Gasteiger partial charge >= 0.3 is 0 Å². The number of aromatic nitrogens is 3. The van der Waals surface area contributed by atoms with Crippen molar-refractivity contribution >= 4 is 22.4 Å². The smallest absolute Gasteiger partial charge is 0.155 e. The molecule has 1 unspecified atom stereocenters. The van der Waals surface area contributed by atoms with Crippen LogP contribution in [0.3, 0.4) is 0 Å². The Morgan fingerprint density at radius 2 is 2.00 bits per heavy atom. The molecule has 0 radical (unpaired) electrons. The number of fused-ring (bicyclic) bond motifs is 2. The van der Waals surface area contributed by atoms with Crippen LogP contribution in [0.1, 0.15) is 20.8 Å². The summed E-state index contributed by atoms with van der Waals surface area (Å²) in [6.45, 7) is 6.44. The van der Waals surface area contributed by atoms with E-state index in [0.29, 0.717) is 12.4 Å². The van der Waals surface area contributed by atoms with Crippen LogP contribution in [0.25, 0.3) is 28.1 Å². The normalized spacial score (nSPS) is 13.4. The third-order valence-corrected chi connectivity index (χ3v) is 4.52. The summed E-state index contributed by atoms with van der Waals surface area (Å²) in [4.78, 5) is 4.40. The molecule has 6 nitrogen and oxygen atoms in total. The Morgan fingerprint density at radius 3 is 2.77 bits per heavy atom. The van der Waals surface area contributed by atoms with Crippen LogP contribution in [0.2, 0.25) is 0 Å². The Labute approximate surface area is 151 Å². The average Bonchev–Trinajstić information content (AvgIpc) is 3.21. The quantitative estimate of drug-likeness (QED) is 0.583. The van der Waals surface area contributed by atoms with Crippen molar-refractivity contribution in [1.29, 1.82) is 0 Å². The number of imidazole rings is 1. The molecule has 0 aliphatic rings. The van der Waals surface area contributed by atoms with E-state index in [1.807, 2.05) is 63.2 Å². The van der Waals surface area contributed by atoms with Crippen molar-refractivity contribution < 1.29 is 9.52 Å². The van der Waals surface area contributed by atoms with Crippen molar-refractivity contribution in [1.82, 2.24) is 14.6 Å². The topological polar surface area (TPSA) is 75.6 Å². The van der Waals surface area contributed by atoms with Crippen molar-refractivity contribution in [2.45, 2.75) is 26.9 Å². The number of anilines is 1. The van der Waals surface area contributed by atoms with Gasteiger partial charge in [-0.2, -0.15) is 0 Å². The SMILES string of the molecule is CC(C)(C)C(O)CNc1ccc2ncc(-c3cc4ccccc4o3)n2n1. The number of nitrogens with zero attached hydrogens (tertiary/aromatic N) is 3. The van der Waals surface area contributed by atoms with E-state index in [1.165, 1.54) is 0 Å². The molecule has 1 atom stereocenters. The Balaban J connectivity index is 1.66. The van der Waals surface area contributed by atoms with Crippen LogP contribution in [-0.4, -0.2) is 32.4 Å². The summed E-state index contributed by atoms with van der Waals surface area (Å²) in [7, 11) is 0. The molecule has 0 saturated carbocycles. The first-order valence-electron chi connectivity index (χ1n) is 8.67. The van der Waals surface area contributed by atoms with Crippen LogP contribution in [0, 0.1) is 5.41 Å². The van der Waals surface area contributed by atoms with Gasteiger partial charge in [-0.05, 0) is 29.7 Å². The zero-order chi connectivity index (χ0) is 18.3. The van der Waals surface area contributed by atoms with Crippen LogP contribution in [0.15, 0.2) is 53.1 Å². The standard InChI is InChI=1S/C20H22N4O2/c1-20(2,3)17(25)12-21-18-8-9-19-22-11-14(24(19)23-18)16-10-13-6-4-5-7-15(13)26-16/h4-11,17,25H,12H2,1-3H3,(H,21,23). The number of hydrogen-bond donors (Lipinski definition) is 2. The van der Waals surface area contributed by atoms with Crippen molar-refractivity contribution in [2.75, 3.05) is 11.9 Å². The highest BCUT2D eigenvalue weighted by molar-refractivity contribution is 5.82. The van der Waals surface area contributed by atoms with Crippen LogP contribution in [0.4, 0.5) is 5.82 Å². The second-order valence-electron chi connectivity index (χ2n) is 7.54. The van der Waals surface area contributed by atoms with Gasteiger partial charge in [0.15, 0.2) is 11.4 Å². The van der Waals surface area contributed by atoms with Gasteiger partial charge in [0.1, 0.15) is 17.1 Å². The predicted molar refractivity (Wildman–Crippen MR) is 102 cm³/mol. The number of furan rings is 1. The van der Waals surface area contributed by atoms with E-state index in [4.69, 9.17) is 4.42 Å². The Morgan fingerprint density at radius 1 is 1.19 bits per heavy atom. The van der Waals surface area contributed by atoms with Crippen molar-refractivity contribution in [2.24, 2.45) is 5.41 Å². The zero-order valence-electron chi connectivity index (χ0n) is 15.1. The summed E-state index contributed by atoms with van der Waals surface area (Å²) in [5.41, 5.74) is 2.17. The maximum atomic E-state index is 10.2. The molecular weight excluding hydrogens is 328 g/mol. The zero-order valence-corrected chi connectivity index (χ0v) is 15.1. The number of aliphatic hydroxyl groups excluding tert-OH is 1. The third-order valence-electron chi connectivity index (χ3n) is 4.52. The van der Waals surface area contributed by atoms with Gasteiger partial charge < -0.3 is 14.8 Å². The van der Waals surface area contributed by atoms with E-state index in [2.05, 4.69) is 15.4 Å². The first-order chi connectivity index (χ1) is 12.4. The summed E-state index contributed by atoms with van der Waals surface area (Å²) in [5.74, 6) is 1.40. The molecule has 0 bridgehead atoms. The highest BCUT2D eigenvalue weighted by Gasteiger charge is 2.22. The number of benzene rings is 1. The minimum atomic E-state index is -0.474. The second kappa shape index (κ2) is 6.14. The number of nitrogens with one attached hydrogen (secondary N) is 1. The fourth-order valence-electron chi connectivity index (χ4n) is 2.75. The average molecular weight is 350 g/mol. The molecule has 0 aliphatic carbocycles. The van der Waals surface area contributed by atoms with Crippen molar-refractivity contribution in [3.63, 3.8) is 0 Å². The van der Waals surface area contributed by atoms with E-state index < -0.39 is 6.10 Å². The Bertz CT molecular complexity index is 1030. The fourth-order valence-corrected chi connectivity index (χ4v) is 2.75. The molecule has 0 aliphatic heterocycles. The van der Waals surface area contributed by atoms with Crippen LogP contribution >= 0.6 is 0 Å². The van der Waals surface area contributed by atoms with Crippen LogP contribution in [0.5, 0.6) is 0 Å². The molecule has 3 aromatic heterocycles. The van der Waals surface area contributed by atoms with Gasteiger partial charge in [-0.3, -0.25) is 0 Å². The van der Waals surface area contributed by atoms with Gasteiger partial charge in [-0.15, -0.1) is 5.10 Å². The van der Waals surface area contributed by atoms with E-state index in [0.717, 1.165) is 28.1 Å². The lowest BCUT2D eigenvalue weighted by atomic mass is 9.89. The predicted octanol–water partition coefficient (Wildman–Crippen LogP) is 3.96. The lowest BCUT2D eigenvalue weighted by molar-refractivity contribution is 0.0745. The van der Waals surface area contributed by atoms with Crippen molar-refractivity contribution in [3.8, 4) is 11.5 Å². The molecule has 2 N–H and O–H groups in total. The van der Waals surface area contributed by atoms with Gasteiger partial charge in [0.05, 0.1) is 12.3 Å². The molecule has 134 valence electrons. The Kier molecular flexibility index (Phi) is 3.92. The number of para-hydroxylation sites is 1. The minimum Gasteiger partial charge on any atom is -0.454 e. The third kappa shape index (κ3) is 3.04. The van der Waals surface area contributed by atoms with Crippen LogP contribution in [-0.2, 0) is 0 Å². The first-order valence-corrected chi connectivity index (χ1v) is 8.67. The molecule has 0 amide bonds. The van der Waals surface area contributed by atoms with E-state index >= 15 is 0 Å². The fraction of sp³-hybridized carbons (Fsp3) is 0.300. The van der Waals surface area contributed by atoms with Gasteiger partial charge in [-0.1, -0.05) is 39.0 Å². The van der Waals surface area contributed by atoms with E-state index in [1.54, 1.807) is 10.7 Å². The molecule has 0 saturated heterocycles. The van der Waals surface area contributed by atoms with Gasteiger partial charge in [-0.25, -0.2) is 9.50 Å². The molecule has 4 rings (SSSR count). The molecule has 4 aromatic rings. The molecule has 1 aromatic carbocycles. The maximum Gasteiger partial charge on any atom is 0.155 e. The summed E-state index contributed by atoms with van der Waals surface area (Å²) >= 11 is 0. The first kappa shape index (κ1) is 16.6. The number of hydrogen-bond acceptors (Lipinski definition) is 5. The largest absolute Gasteiger partial charge is 0.454 e. The molecule has 6 heteroatoms. The van der Waals surface area contributed by atoms with Gasteiger partial charge in [0.25, 0.3) is 0 Å². The highest BCUT2D eigenvalue weighted by atomic mass is 16.3. The monoisotopic (exact) mass is 350 g/mol. The number of rotatable bonds is 4. The summed E-state index contributed by atoms with van der Waals surface area (Å²) in [6, 6.07) is 13.6. The molecule has 0 fully saturated rings. The second-order valence-corrected chi connectivity index (χ2v) is 7.54. The minimum absolute atomic E-state index is 0.189. The lowest BCUT2D eigenvalue weighted by Gasteiger charge is -2.26. The van der Waals surface area contributed by atoms with Crippen LogP contribution < -0.4 is 5.32 Å². The van der Waals surface area contributed by atoms with E-state index in [9.17, 15) is 5.11 Å². The highest BCUT2D eigenvalue weighted by Crippen LogP contribution is 2.28. The lowest BCUT2D eigenvalue weighted by Crippen LogP contribution is -2.33.